The molecule has 3 nitrogen and oxygen atoms in total. The lowest BCUT2D eigenvalue weighted by Gasteiger charge is -2.30. The fourth-order valence-electron chi connectivity index (χ4n) is 1.39. The normalized spacial score (nSPS) is 14.4. The highest BCUT2D eigenvalue weighted by Crippen LogP contribution is 2.29. The highest BCUT2D eigenvalue weighted by molar-refractivity contribution is 8.00. The first-order valence-corrected chi connectivity index (χ1v) is 6.41. The van der Waals surface area contributed by atoms with E-state index in [2.05, 4.69) is 25.4 Å². The minimum atomic E-state index is -0.636. The maximum Gasteiger partial charge on any atom is 0.0894 e. The molecule has 0 aromatic heterocycles. The molecule has 3 N–H and O–H groups in total. The fourth-order valence-corrected chi connectivity index (χ4v) is 2.22. The van der Waals surface area contributed by atoms with Crippen molar-refractivity contribution in [2.24, 2.45) is 0 Å². The Morgan fingerprint density at radius 2 is 1.93 bits per heavy atom. The van der Waals surface area contributed by atoms with E-state index in [4.69, 9.17) is 10.2 Å². The van der Waals surface area contributed by atoms with Gasteiger partial charge in [0, 0.05) is 17.8 Å². The number of thioether (sulfide) groups is 1. The Morgan fingerprint density at radius 3 is 2.29 bits per heavy atom. The van der Waals surface area contributed by atoms with Gasteiger partial charge in [-0.05, 0) is 19.1 Å². The maximum absolute atomic E-state index is 9.15. The zero-order valence-corrected chi connectivity index (χ0v) is 10.2. The van der Waals surface area contributed by atoms with Crippen LogP contribution in [0.3, 0.4) is 0 Å². The topological polar surface area (TPSA) is 52.5 Å². The van der Waals surface area contributed by atoms with Crippen molar-refractivity contribution in [1.82, 2.24) is 5.32 Å². The van der Waals surface area contributed by atoms with Gasteiger partial charge in [0.2, 0.25) is 0 Å². The molecule has 0 saturated heterocycles. The van der Waals surface area contributed by atoms with Gasteiger partial charge in [-0.15, -0.1) is 0 Å². The summed E-state index contributed by atoms with van der Waals surface area (Å²) in [5, 5.41) is 21.0. The van der Waals surface area contributed by atoms with Crippen LogP contribution in [0, 0.1) is 0 Å². The number of aliphatic hydroxyl groups is 2. The highest BCUT2D eigenvalue weighted by Gasteiger charge is 2.24. The van der Waals surface area contributed by atoms with E-state index in [9.17, 15) is 0 Å². The van der Waals surface area contributed by atoms with Crippen molar-refractivity contribution in [1.29, 1.82) is 0 Å². The van der Waals surface area contributed by atoms with E-state index in [1.165, 1.54) is 0 Å². The molecule has 0 bridgehead atoms. The van der Waals surface area contributed by atoms with Crippen LogP contribution in [0.2, 0.25) is 0 Å². The molecule has 4 heteroatoms. The summed E-state index contributed by atoms with van der Waals surface area (Å²) >= 11 is 1.87. The van der Waals surface area contributed by atoms with Crippen LogP contribution < -0.4 is 5.32 Å². The molecule has 0 spiro atoms. The third-order valence-corrected chi connectivity index (χ3v) is 4.35. The van der Waals surface area contributed by atoms with Crippen molar-refractivity contribution in [2.45, 2.75) is 37.5 Å². The molecular formula is C10H23NO2S. The second-order valence-corrected chi connectivity index (χ2v) is 4.84. The maximum atomic E-state index is 9.15. The van der Waals surface area contributed by atoms with Gasteiger partial charge in [-0.1, -0.05) is 13.8 Å². The van der Waals surface area contributed by atoms with E-state index >= 15 is 0 Å². The van der Waals surface area contributed by atoms with E-state index in [0.717, 1.165) is 19.4 Å². The Balaban J connectivity index is 3.82. The lowest BCUT2D eigenvalue weighted by Crippen LogP contribution is -2.40. The summed E-state index contributed by atoms with van der Waals surface area (Å²) in [6.45, 7) is 5.56. The summed E-state index contributed by atoms with van der Waals surface area (Å²) < 4.78 is 0.273. The Morgan fingerprint density at radius 1 is 1.36 bits per heavy atom. The van der Waals surface area contributed by atoms with Crippen molar-refractivity contribution in [3.8, 4) is 0 Å². The summed E-state index contributed by atoms with van der Waals surface area (Å²) in [5.74, 6) is 0. The summed E-state index contributed by atoms with van der Waals surface area (Å²) in [4.78, 5) is 0. The molecule has 0 radical (unpaired) electrons. The van der Waals surface area contributed by atoms with Crippen LogP contribution in [-0.2, 0) is 0 Å². The Kier molecular flexibility index (Phi) is 7.64. The molecular weight excluding hydrogens is 198 g/mol. The van der Waals surface area contributed by atoms with Gasteiger partial charge < -0.3 is 15.5 Å². The molecule has 0 heterocycles. The van der Waals surface area contributed by atoms with Crippen LogP contribution >= 0.6 is 11.8 Å². The van der Waals surface area contributed by atoms with Crippen LogP contribution in [0.1, 0.15) is 26.7 Å². The van der Waals surface area contributed by atoms with E-state index in [1.807, 2.05) is 11.8 Å². The second kappa shape index (κ2) is 7.51. The average Bonchev–Trinajstić information content (AvgIpc) is 2.25. The molecule has 0 saturated carbocycles. The van der Waals surface area contributed by atoms with Gasteiger partial charge in [-0.25, -0.2) is 0 Å². The van der Waals surface area contributed by atoms with E-state index < -0.39 is 6.10 Å². The summed E-state index contributed by atoms with van der Waals surface area (Å²) in [5.41, 5.74) is 0. The monoisotopic (exact) mass is 221 g/mol. The van der Waals surface area contributed by atoms with Crippen molar-refractivity contribution in [2.75, 3.05) is 26.0 Å². The summed E-state index contributed by atoms with van der Waals surface area (Å²) in [7, 11) is 0. The van der Waals surface area contributed by atoms with Crippen molar-refractivity contribution in [3.63, 3.8) is 0 Å². The molecule has 0 unspecified atom stereocenters. The third-order valence-electron chi connectivity index (χ3n) is 2.76. The van der Waals surface area contributed by atoms with Crippen LogP contribution in [0.15, 0.2) is 0 Å². The van der Waals surface area contributed by atoms with Crippen LogP contribution in [0.4, 0.5) is 0 Å². The molecule has 0 aliphatic carbocycles. The summed E-state index contributed by atoms with van der Waals surface area (Å²) in [6, 6.07) is 0. The van der Waals surface area contributed by atoms with Gasteiger partial charge in [-0.2, -0.15) is 11.8 Å². The molecule has 0 rings (SSSR count). The number of hydrogen-bond donors (Lipinski definition) is 3. The number of nitrogens with one attached hydrogen (secondary N) is 1. The fraction of sp³-hybridized carbons (Fsp3) is 1.00. The third kappa shape index (κ3) is 4.64. The number of aliphatic hydroxyl groups excluding tert-OH is 2. The molecule has 0 aromatic carbocycles. The van der Waals surface area contributed by atoms with Gasteiger partial charge in [0.15, 0.2) is 0 Å². The van der Waals surface area contributed by atoms with Gasteiger partial charge in [0.1, 0.15) is 0 Å². The SMILES string of the molecule is CCC(CC)(CNC[C@H](O)CO)SC. The summed E-state index contributed by atoms with van der Waals surface area (Å²) in [6.07, 6.45) is 3.72. The molecule has 1 atom stereocenters. The lowest BCUT2D eigenvalue weighted by molar-refractivity contribution is 0.0939. The van der Waals surface area contributed by atoms with E-state index in [-0.39, 0.29) is 11.4 Å². The Bertz CT molecular complexity index is 132. The van der Waals surface area contributed by atoms with Gasteiger partial charge in [-0.3, -0.25) is 0 Å². The standard InChI is InChI=1S/C10H23NO2S/c1-4-10(5-2,14-3)8-11-6-9(13)7-12/h9,11-13H,4-8H2,1-3H3/t9-/m0/s1. The first-order chi connectivity index (χ1) is 6.64. The zero-order valence-electron chi connectivity index (χ0n) is 9.42. The highest BCUT2D eigenvalue weighted by atomic mass is 32.2. The molecule has 0 amide bonds. The quantitative estimate of drug-likeness (QED) is 0.569. The first kappa shape index (κ1) is 14.2. The predicted molar refractivity (Wildman–Crippen MR) is 62.8 cm³/mol. The second-order valence-electron chi connectivity index (χ2n) is 3.56. The largest absolute Gasteiger partial charge is 0.394 e. The Hall–Kier alpha value is 0.230. The van der Waals surface area contributed by atoms with Gasteiger partial charge in [0.05, 0.1) is 12.7 Å². The minimum absolute atomic E-state index is 0.169. The van der Waals surface area contributed by atoms with Crippen LogP contribution in [0.5, 0.6) is 0 Å². The van der Waals surface area contributed by atoms with Crippen LogP contribution in [0.25, 0.3) is 0 Å². The average molecular weight is 221 g/mol. The molecule has 0 aromatic rings. The zero-order chi connectivity index (χ0) is 11.0. The predicted octanol–water partition coefficient (Wildman–Crippen LogP) is 0.851. The molecule has 0 aliphatic rings. The smallest absolute Gasteiger partial charge is 0.0894 e. The number of hydrogen-bond acceptors (Lipinski definition) is 4. The van der Waals surface area contributed by atoms with Crippen LogP contribution in [-0.4, -0.2) is 47.0 Å². The van der Waals surface area contributed by atoms with Crippen molar-refractivity contribution >= 4 is 11.8 Å². The van der Waals surface area contributed by atoms with Crippen molar-refractivity contribution in [3.05, 3.63) is 0 Å². The number of rotatable bonds is 8. The van der Waals surface area contributed by atoms with Gasteiger partial charge >= 0.3 is 0 Å². The van der Waals surface area contributed by atoms with E-state index in [1.54, 1.807) is 0 Å². The van der Waals surface area contributed by atoms with E-state index in [0.29, 0.717) is 6.54 Å². The lowest BCUT2D eigenvalue weighted by atomic mass is 10.0. The minimum Gasteiger partial charge on any atom is -0.394 e. The van der Waals surface area contributed by atoms with Crippen molar-refractivity contribution < 1.29 is 10.2 Å². The molecule has 0 aliphatic heterocycles. The van der Waals surface area contributed by atoms with Gasteiger partial charge in [0.25, 0.3) is 0 Å². The molecule has 0 fully saturated rings. The molecule has 86 valence electrons. The first-order valence-electron chi connectivity index (χ1n) is 5.19. The molecule has 14 heavy (non-hydrogen) atoms. The Labute approximate surface area is 91.3 Å².